The SMILES string of the molecule is CCCCN(CC)c1cc(CO)cc(CCC)n1. The first-order chi connectivity index (χ1) is 8.74. The summed E-state index contributed by atoms with van der Waals surface area (Å²) in [7, 11) is 0. The Morgan fingerprint density at radius 2 is 1.94 bits per heavy atom. The summed E-state index contributed by atoms with van der Waals surface area (Å²) in [4.78, 5) is 7.00. The van der Waals surface area contributed by atoms with Gasteiger partial charge in [-0.05, 0) is 37.5 Å². The van der Waals surface area contributed by atoms with Gasteiger partial charge in [-0.15, -0.1) is 0 Å². The van der Waals surface area contributed by atoms with Gasteiger partial charge in [-0.2, -0.15) is 0 Å². The second-order valence-corrected chi connectivity index (χ2v) is 4.67. The van der Waals surface area contributed by atoms with E-state index >= 15 is 0 Å². The van der Waals surface area contributed by atoms with Crippen molar-refractivity contribution in [1.82, 2.24) is 4.98 Å². The number of anilines is 1. The molecule has 0 atom stereocenters. The van der Waals surface area contributed by atoms with Crippen LogP contribution in [0.25, 0.3) is 0 Å². The minimum Gasteiger partial charge on any atom is -0.392 e. The molecule has 0 aliphatic heterocycles. The number of aliphatic hydroxyl groups is 1. The van der Waals surface area contributed by atoms with Gasteiger partial charge in [0.25, 0.3) is 0 Å². The van der Waals surface area contributed by atoms with Crippen LogP contribution in [0, 0.1) is 0 Å². The molecule has 0 bridgehead atoms. The van der Waals surface area contributed by atoms with Crippen LogP contribution in [0.5, 0.6) is 0 Å². The zero-order valence-electron chi connectivity index (χ0n) is 11.9. The summed E-state index contributed by atoms with van der Waals surface area (Å²) in [6.07, 6.45) is 4.44. The van der Waals surface area contributed by atoms with Crippen LogP contribution in [-0.4, -0.2) is 23.2 Å². The molecule has 1 N–H and O–H groups in total. The highest BCUT2D eigenvalue weighted by Gasteiger charge is 2.08. The Morgan fingerprint density at radius 1 is 1.17 bits per heavy atom. The zero-order valence-corrected chi connectivity index (χ0v) is 11.9. The summed E-state index contributed by atoms with van der Waals surface area (Å²) in [5, 5.41) is 9.34. The Balaban J connectivity index is 2.93. The van der Waals surface area contributed by atoms with Crippen molar-refractivity contribution in [3.05, 3.63) is 23.4 Å². The van der Waals surface area contributed by atoms with Crippen molar-refractivity contribution in [2.24, 2.45) is 0 Å². The molecule has 1 rings (SSSR count). The van der Waals surface area contributed by atoms with Crippen LogP contribution in [-0.2, 0) is 13.0 Å². The smallest absolute Gasteiger partial charge is 0.129 e. The van der Waals surface area contributed by atoms with Crippen LogP contribution in [0.1, 0.15) is 51.3 Å². The first kappa shape index (κ1) is 15.0. The predicted molar refractivity (Wildman–Crippen MR) is 76.9 cm³/mol. The molecule has 3 nitrogen and oxygen atoms in total. The van der Waals surface area contributed by atoms with Gasteiger partial charge in [-0.25, -0.2) is 4.98 Å². The predicted octanol–water partition coefficient (Wildman–Crippen LogP) is 3.15. The van der Waals surface area contributed by atoms with Crippen LogP contribution < -0.4 is 4.90 Å². The van der Waals surface area contributed by atoms with E-state index in [0.29, 0.717) is 0 Å². The van der Waals surface area contributed by atoms with Gasteiger partial charge >= 0.3 is 0 Å². The molecule has 0 unspecified atom stereocenters. The third-order valence-electron chi connectivity index (χ3n) is 3.10. The van der Waals surface area contributed by atoms with Crippen LogP contribution in [0.15, 0.2) is 12.1 Å². The second-order valence-electron chi connectivity index (χ2n) is 4.67. The summed E-state index contributed by atoms with van der Waals surface area (Å²) in [6.45, 7) is 8.61. The van der Waals surface area contributed by atoms with E-state index in [0.717, 1.165) is 43.0 Å². The van der Waals surface area contributed by atoms with Gasteiger partial charge in [0.15, 0.2) is 0 Å². The number of hydrogen-bond acceptors (Lipinski definition) is 3. The molecule has 1 aromatic heterocycles. The van der Waals surface area contributed by atoms with Crippen LogP contribution in [0.2, 0.25) is 0 Å². The molecule has 0 radical (unpaired) electrons. The van der Waals surface area contributed by atoms with E-state index < -0.39 is 0 Å². The summed E-state index contributed by atoms with van der Waals surface area (Å²) in [5.74, 6) is 1.01. The van der Waals surface area contributed by atoms with Crippen molar-refractivity contribution < 1.29 is 5.11 Å². The van der Waals surface area contributed by atoms with E-state index in [1.54, 1.807) is 0 Å². The van der Waals surface area contributed by atoms with E-state index in [-0.39, 0.29) is 6.61 Å². The van der Waals surface area contributed by atoms with Crippen molar-refractivity contribution in [1.29, 1.82) is 0 Å². The lowest BCUT2D eigenvalue weighted by molar-refractivity contribution is 0.281. The van der Waals surface area contributed by atoms with E-state index in [1.165, 1.54) is 12.8 Å². The number of nitrogens with zero attached hydrogens (tertiary/aromatic N) is 2. The highest BCUT2D eigenvalue weighted by molar-refractivity contribution is 5.42. The molecule has 1 aromatic rings. The maximum atomic E-state index is 9.34. The van der Waals surface area contributed by atoms with Crippen molar-refractivity contribution in [2.75, 3.05) is 18.0 Å². The Morgan fingerprint density at radius 3 is 2.50 bits per heavy atom. The van der Waals surface area contributed by atoms with E-state index in [1.807, 2.05) is 12.1 Å². The van der Waals surface area contributed by atoms with Crippen molar-refractivity contribution in [3.63, 3.8) is 0 Å². The van der Waals surface area contributed by atoms with E-state index in [4.69, 9.17) is 4.98 Å². The molecule has 102 valence electrons. The fraction of sp³-hybridized carbons (Fsp3) is 0.667. The molecule has 0 saturated carbocycles. The van der Waals surface area contributed by atoms with Crippen LogP contribution >= 0.6 is 0 Å². The first-order valence-corrected chi connectivity index (χ1v) is 7.10. The normalized spacial score (nSPS) is 10.7. The van der Waals surface area contributed by atoms with Gasteiger partial charge < -0.3 is 10.0 Å². The van der Waals surface area contributed by atoms with Crippen molar-refractivity contribution >= 4 is 5.82 Å². The van der Waals surface area contributed by atoms with Gasteiger partial charge in [0, 0.05) is 18.8 Å². The maximum Gasteiger partial charge on any atom is 0.129 e. The number of pyridine rings is 1. The van der Waals surface area contributed by atoms with Crippen LogP contribution in [0.3, 0.4) is 0 Å². The van der Waals surface area contributed by atoms with E-state index in [2.05, 4.69) is 25.7 Å². The monoisotopic (exact) mass is 250 g/mol. The fourth-order valence-electron chi connectivity index (χ4n) is 2.05. The summed E-state index contributed by atoms with van der Waals surface area (Å²) >= 11 is 0. The van der Waals surface area contributed by atoms with Gasteiger partial charge in [-0.3, -0.25) is 0 Å². The van der Waals surface area contributed by atoms with E-state index in [9.17, 15) is 5.11 Å². The lowest BCUT2D eigenvalue weighted by Crippen LogP contribution is -2.25. The Bertz CT molecular complexity index is 352. The molecule has 1 heterocycles. The van der Waals surface area contributed by atoms with Crippen molar-refractivity contribution in [2.45, 2.75) is 53.1 Å². The molecular weight excluding hydrogens is 224 g/mol. The molecule has 0 amide bonds. The Kier molecular flexibility index (Phi) is 6.73. The number of aliphatic hydroxyl groups excluding tert-OH is 1. The molecule has 18 heavy (non-hydrogen) atoms. The molecule has 0 aromatic carbocycles. The average Bonchev–Trinajstić information content (AvgIpc) is 2.39. The largest absolute Gasteiger partial charge is 0.392 e. The quantitative estimate of drug-likeness (QED) is 0.770. The first-order valence-electron chi connectivity index (χ1n) is 7.10. The molecule has 0 aliphatic carbocycles. The van der Waals surface area contributed by atoms with Gasteiger partial charge in [0.2, 0.25) is 0 Å². The second kappa shape index (κ2) is 8.09. The highest BCUT2D eigenvalue weighted by atomic mass is 16.3. The molecular formula is C15H26N2O. The lowest BCUT2D eigenvalue weighted by Gasteiger charge is -2.23. The summed E-state index contributed by atoms with van der Waals surface area (Å²) in [5.41, 5.74) is 2.06. The van der Waals surface area contributed by atoms with Gasteiger partial charge in [0.1, 0.15) is 5.82 Å². The summed E-state index contributed by atoms with van der Waals surface area (Å²) < 4.78 is 0. The topological polar surface area (TPSA) is 36.4 Å². The molecule has 3 heteroatoms. The number of rotatable bonds is 8. The van der Waals surface area contributed by atoms with Gasteiger partial charge in [0.05, 0.1) is 6.61 Å². The Labute approximate surface area is 111 Å². The lowest BCUT2D eigenvalue weighted by atomic mass is 10.1. The molecule has 0 fully saturated rings. The van der Waals surface area contributed by atoms with Crippen LogP contribution in [0.4, 0.5) is 5.82 Å². The van der Waals surface area contributed by atoms with Gasteiger partial charge in [-0.1, -0.05) is 26.7 Å². The fourth-order valence-corrected chi connectivity index (χ4v) is 2.05. The third kappa shape index (κ3) is 4.30. The highest BCUT2D eigenvalue weighted by Crippen LogP contribution is 2.17. The Hall–Kier alpha value is -1.09. The number of hydrogen-bond donors (Lipinski definition) is 1. The number of aromatic nitrogens is 1. The molecule has 0 saturated heterocycles. The summed E-state index contributed by atoms with van der Waals surface area (Å²) in [6, 6.07) is 4.03. The zero-order chi connectivity index (χ0) is 13.4. The number of aryl methyl sites for hydroxylation is 1. The molecule has 0 aliphatic rings. The maximum absolute atomic E-state index is 9.34. The average molecular weight is 250 g/mol. The van der Waals surface area contributed by atoms with Crippen molar-refractivity contribution in [3.8, 4) is 0 Å². The molecule has 0 spiro atoms. The minimum atomic E-state index is 0.0948. The third-order valence-corrected chi connectivity index (χ3v) is 3.10. The minimum absolute atomic E-state index is 0.0948. The number of unbranched alkanes of at least 4 members (excludes halogenated alkanes) is 1. The standard InChI is InChI=1S/C15H26N2O/c1-4-7-9-17(6-3)15-11-13(12-18)10-14(16-15)8-5-2/h10-11,18H,4-9,12H2,1-3H3.